The second-order valence-corrected chi connectivity index (χ2v) is 8.37. The Balaban J connectivity index is 1.41. The van der Waals surface area contributed by atoms with Crippen LogP contribution in [0.4, 0.5) is 0 Å². The number of hydrogen-bond acceptors (Lipinski definition) is 2. The molecule has 0 aliphatic heterocycles. The smallest absolute Gasteiger partial charge is 0.0835 e. The molecule has 1 heterocycles. The molecule has 1 aromatic heterocycles. The van der Waals surface area contributed by atoms with E-state index in [-0.39, 0.29) is 0 Å². The van der Waals surface area contributed by atoms with Gasteiger partial charge in [0.1, 0.15) is 0 Å². The van der Waals surface area contributed by atoms with Crippen molar-refractivity contribution in [3.05, 3.63) is 11.9 Å². The normalized spacial score (nSPS) is 38.5. The van der Waals surface area contributed by atoms with Crippen LogP contribution in [0.5, 0.6) is 0 Å². The van der Waals surface area contributed by atoms with Gasteiger partial charge in [-0.1, -0.05) is 21.1 Å². The van der Waals surface area contributed by atoms with Crippen LogP contribution >= 0.6 is 15.9 Å². The molecule has 0 aromatic carbocycles. The van der Waals surface area contributed by atoms with Crippen molar-refractivity contribution in [3.63, 3.8) is 0 Å². The van der Waals surface area contributed by atoms with Crippen LogP contribution in [0, 0.1) is 23.2 Å². The molecule has 4 fully saturated rings. The molecule has 5 rings (SSSR count). The van der Waals surface area contributed by atoms with Gasteiger partial charge in [0.25, 0.3) is 0 Å². The lowest BCUT2D eigenvalue weighted by molar-refractivity contribution is -0.0596. The molecule has 0 atom stereocenters. The summed E-state index contributed by atoms with van der Waals surface area (Å²) in [7, 11) is 0. The lowest BCUT2D eigenvalue weighted by atomic mass is 9.49. The van der Waals surface area contributed by atoms with Crippen molar-refractivity contribution < 1.29 is 0 Å². The Labute approximate surface area is 129 Å². The molecule has 3 nitrogen and oxygen atoms in total. The molecule has 4 aliphatic rings. The number of aryl methyl sites for hydroxylation is 2. The van der Waals surface area contributed by atoms with Crippen molar-refractivity contribution >= 4 is 15.9 Å². The maximum absolute atomic E-state index is 4.30. The van der Waals surface area contributed by atoms with E-state index in [4.69, 9.17) is 0 Å². The summed E-state index contributed by atoms with van der Waals surface area (Å²) in [5, 5.41) is 9.52. The van der Waals surface area contributed by atoms with Crippen molar-refractivity contribution in [1.82, 2.24) is 15.0 Å². The van der Waals surface area contributed by atoms with E-state index < -0.39 is 0 Å². The van der Waals surface area contributed by atoms with E-state index in [0.29, 0.717) is 5.41 Å². The zero-order chi connectivity index (χ0) is 13.6. The van der Waals surface area contributed by atoms with Crippen molar-refractivity contribution in [1.29, 1.82) is 0 Å². The van der Waals surface area contributed by atoms with Crippen molar-refractivity contribution in [2.75, 3.05) is 5.33 Å². The monoisotopic (exact) mass is 337 g/mol. The van der Waals surface area contributed by atoms with Gasteiger partial charge in [-0.2, -0.15) is 0 Å². The molecule has 110 valence electrons. The van der Waals surface area contributed by atoms with Gasteiger partial charge in [-0.15, -0.1) is 5.10 Å². The summed E-state index contributed by atoms with van der Waals surface area (Å²) in [4.78, 5) is 0. The zero-order valence-corrected chi connectivity index (χ0v) is 13.7. The van der Waals surface area contributed by atoms with Gasteiger partial charge in [0.2, 0.25) is 0 Å². The van der Waals surface area contributed by atoms with Gasteiger partial charge in [-0.05, 0) is 68.1 Å². The molecule has 0 spiro atoms. The van der Waals surface area contributed by atoms with E-state index >= 15 is 0 Å². The van der Waals surface area contributed by atoms with Crippen LogP contribution in [0.1, 0.15) is 50.6 Å². The van der Waals surface area contributed by atoms with Gasteiger partial charge in [0, 0.05) is 24.5 Å². The molecule has 4 aliphatic carbocycles. The number of nitrogens with zero attached hydrogens (tertiary/aromatic N) is 3. The SMILES string of the molecule is BrCCc1cn(CCC23CC4CC(CC(C4)C2)C3)nn1. The lowest BCUT2D eigenvalue weighted by Gasteiger charge is -2.57. The molecular formula is C16H24BrN3. The maximum atomic E-state index is 4.30. The fourth-order valence-corrected chi connectivity index (χ4v) is 6.01. The summed E-state index contributed by atoms with van der Waals surface area (Å²) >= 11 is 3.47. The molecule has 0 radical (unpaired) electrons. The van der Waals surface area contributed by atoms with Gasteiger partial charge < -0.3 is 0 Å². The topological polar surface area (TPSA) is 30.7 Å². The maximum Gasteiger partial charge on any atom is 0.0835 e. The van der Waals surface area contributed by atoms with Crippen molar-refractivity contribution in [2.45, 2.75) is 57.9 Å². The first-order valence-corrected chi connectivity index (χ1v) is 9.32. The number of hydrogen-bond donors (Lipinski definition) is 0. The summed E-state index contributed by atoms with van der Waals surface area (Å²) < 4.78 is 2.08. The summed E-state index contributed by atoms with van der Waals surface area (Å²) in [6.07, 6.45) is 13.6. The Morgan fingerprint density at radius 2 is 1.80 bits per heavy atom. The molecule has 1 aromatic rings. The largest absolute Gasteiger partial charge is 0.252 e. The van der Waals surface area contributed by atoms with E-state index in [0.717, 1.165) is 41.7 Å². The average Bonchev–Trinajstić information content (AvgIpc) is 2.83. The highest BCUT2D eigenvalue weighted by Crippen LogP contribution is 2.61. The first-order chi connectivity index (χ1) is 9.75. The highest BCUT2D eigenvalue weighted by Gasteiger charge is 2.50. The molecule has 4 heteroatoms. The quantitative estimate of drug-likeness (QED) is 0.764. The molecule has 4 bridgehead atoms. The predicted molar refractivity (Wildman–Crippen MR) is 82.7 cm³/mol. The summed E-state index contributed by atoms with van der Waals surface area (Å²) in [5.41, 5.74) is 1.78. The Kier molecular flexibility index (Phi) is 3.40. The van der Waals surface area contributed by atoms with Crippen LogP contribution in [-0.4, -0.2) is 20.3 Å². The minimum atomic E-state index is 0.663. The van der Waals surface area contributed by atoms with Crippen LogP contribution < -0.4 is 0 Å². The van der Waals surface area contributed by atoms with Gasteiger partial charge in [-0.3, -0.25) is 4.68 Å². The third-order valence-corrected chi connectivity index (χ3v) is 6.37. The Hall–Kier alpha value is -0.380. The van der Waals surface area contributed by atoms with E-state index in [1.54, 1.807) is 0 Å². The fraction of sp³-hybridized carbons (Fsp3) is 0.875. The van der Waals surface area contributed by atoms with Crippen LogP contribution in [0.25, 0.3) is 0 Å². The highest BCUT2D eigenvalue weighted by atomic mass is 79.9. The Bertz CT molecular complexity index is 447. The third-order valence-electron chi connectivity index (χ3n) is 5.97. The van der Waals surface area contributed by atoms with E-state index in [9.17, 15) is 0 Å². The van der Waals surface area contributed by atoms with Gasteiger partial charge >= 0.3 is 0 Å². The van der Waals surface area contributed by atoms with Crippen LogP contribution in [0.2, 0.25) is 0 Å². The summed E-state index contributed by atoms with van der Waals surface area (Å²) in [5.74, 6) is 3.17. The second kappa shape index (κ2) is 5.11. The van der Waals surface area contributed by atoms with Gasteiger partial charge in [-0.25, -0.2) is 0 Å². The highest BCUT2D eigenvalue weighted by molar-refractivity contribution is 9.09. The molecule has 0 amide bonds. The number of aromatic nitrogens is 3. The Morgan fingerprint density at radius 1 is 1.15 bits per heavy atom. The zero-order valence-electron chi connectivity index (χ0n) is 12.1. The minimum absolute atomic E-state index is 0.663. The number of halogens is 1. The summed E-state index contributed by atoms with van der Waals surface area (Å²) in [6, 6.07) is 0. The molecular weight excluding hydrogens is 314 g/mol. The number of rotatable bonds is 5. The lowest BCUT2D eigenvalue weighted by Crippen LogP contribution is -2.46. The van der Waals surface area contributed by atoms with Gasteiger partial charge in [0.05, 0.1) is 5.69 Å². The first-order valence-electron chi connectivity index (χ1n) is 8.20. The van der Waals surface area contributed by atoms with Gasteiger partial charge in [0.15, 0.2) is 0 Å². The second-order valence-electron chi connectivity index (χ2n) is 7.58. The van der Waals surface area contributed by atoms with E-state index in [2.05, 4.69) is 37.1 Å². The molecule has 4 saturated carbocycles. The van der Waals surface area contributed by atoms with Crippen molar-refractivity contribution in [3.8, 4) is 0 Å². The predicted octanol–water partition coefficient (Wildman–Crippen LogP) is 3.82. The van der Waals surface area contributed by atoms with Crippen LogP contribution in [-0.2, 0) is 13.0 Å². The molecule has 20 heavy (non-hydrogen) atoms. The molecule has 0 N–H and O–H groups in total. The Morgan fingerprint density at radius 3 is 2.40 bits per heavy atom. The molecule has 0 unspecified atom stereocenters. The van der Waals surface area contributed by atoms with Crippen LogP contribution in [0.15, 0.2) is 6.20 Å². The van der Waals surface area contributed by atoms with Crippen LogP contribution in [0.3, 0.4) is 0 Å². The standard InChI is InChI=1S/C16H24BrN3/c17-3-1-15-11-20(19-18-15)4-2-16-8-12-5-13(9-16)7-14(6-12)10-16/h11-14H,1-10H2. The summed E-state index contributed by atoms with van der Waals surface area (Å²) in [6.45, 7) is 1.07. The van der Waals surface area contributed by atoms with Crippen molar-refractivity contribution in [2.24, 2.45) is 23.2 Å². The first kappa shape index (κ1) is 13.3. The minimum Gasteiger partial charge on any atom is -0.252 e. The fourth-order valence-electron chi connectivity index (χ4n) is 5.61. The average molecular weight is 338 g/mol. The number of alkyl halides is 1. The third kappa shape index (κ3) is 2.44. The van der Waals surface area contributed by atoms with E-state index in [1.807, 2.05) is 0 Å². The molecule has 0 saturated heterocycles. The van der Waals surface area contributed by atoms with E-state index in [1.165, 1.54) is 44.9 Å².